The number of carbonyl (C=O) groups is 1. The Morgan fingerprint density at radius 3 is 2.42 bits per heavy atom. The quantitative estimate of drug-likeness (QED) is 0.530. The highest BCUT2D eigenvalue weighted by Gasteiger charge is 2.39. The van der Waals surface area contributed by atoms with Crippen molar-refractivity contribution in [1.29, 1.82) is 0 Å². The van der Waals surface area contributed by atoms with Gasteiger partial charge in [0.2, 0.25) is 0 Å². The van der Waals surface area contributed by atoms with Crippen LogP contribution in [0.2, 0.25) is 0 Å². The van der Waals surface area contributed by atoms with Crippen molar-refractivity contribution in [3.05, 3.63) is 0 Å². The molecule has 0 N–H and O–H groups in total. The molecule has 1 aliphatic rings. The second-order valence-corrected chi connectivity index (χ2v) is 3.81. The monoisotopic (exact) mass is 188 g/mol. The van der Waals surface area contributed by atoms with Crippen molar-refractivity contribution in [1.82, 2.24) is 0 Å². The number of carbonyl (C=O) groups excluding carboxylic acids is 1. The van der Waals surface area contributed by atoms with E-state index in [0.29, 0.717) is 5.75 Å². The van der Waals surface area contributed by atoms with Crippen molar-refractivity contribution in [3.63, 3.8) is 0 Å². The summed E-state index contributed by atoms with van der Waals surface area (Å²) >= 11 is 4.24. The lowest BCUT2D eigenvalue weighted by molar-refractivity contribution is -0.153. The highest BCUT2D eigenvalue weighted by molar-refractivity contribution is 7.80. The molecule has 0 aromatic heterocycles. The minimum absolute atomic E-state index is 0.0720. The van der Waals surface area contributed by atoms with E-state index in [2.05, 4.69) is 12.6 Å². The molecule has 0 radical (unpaired) electrons. The Balaban J connectivity index is 2.66. The van der Waals surface area contributed by atoms with Gasteiger partial charge in [-0.3, -0.25) is 4.79 Å². The normalized spacial score (nSPS) is 21.8. The summed E-state index contributed by atoms with van der Waals surface area (Å²) in [6.45, 7) is 0. The summed E-state index contributed by atoms with van der Waals surface area (Å²) in [5.41, 5.74) is -0.268. The van der Waals surface area contributed by atoms with E-state index in [9.17, 15) is 4.79 Å². The van der Waals surface area contributed by atoms with Crippen LogP contribution in [0.1, 0.15) is 32.1 Å². The number of hydrogen-bond donors (Lipinski definition) is 1. The maximum Gasteiger partial charge on any atom is 0.312 e. The van der Waals surface area contributed by atoms with Crippen LogP contribution in [0, 0.1) is 5.41 Å². The van der Waals surface area contributed by atoms with Crippen molar-refractivity contribution in [3.8, 4) is 0 Å². The van der Waals surface area contributed by atoms with Crippen LogP contribution in [0.15, 0.2) is 0 Å². The maximum absolute atomic E-state index is 11.4. The number of esters is 1. The second kappa shape index (κ2) is 4.17. The molecular weight excluding hydrogens is 172 g/mol. The van der Waals surface area contributed by atoms with E-state index in [1.54, 1.807) is 0 Å². The van der Waals surface area contributed by atoms with Crippen molar-refractivity contribution >= 4 is 18.6 Å². The first-order chi connectivity index (χ1) is 5.75. The first kappa shape index (κ1) is 9.90. The maximum atomic E-state index is 11.4. The van der Waals surface area contributed by atoms with Gasteiger partial charge in [0.15, 0.2) is 0 Å². The predicted octanol–water partition coefficient (Wildman–Crippen LogP) is 2.04. The number of methoxy groups -OCH3 is 1. The van der Waals surface area contributed by atoms with Crippen LogP contribution >= 0.6 is 12.6 Å². The van der Waals surface area contributed by atoms with Crippen molar-refractivity contribution < 1.29 is 9.53 Å². The van der Waals surface area contributed by atoms with Gasteiger partial charge in [-0.05, 0) is 12.8 Å². The molecule has 2 nitrogen and oxygen atoms in total. The minimum atomic E-state index is -0.268. The third-order valence-electron chi connectivity index (χ3n) is 2.73. The zero-order valence-corrected chi connectivity index (χ0v) is 8.40. The Kier molecular flexibility index (Phi) is 3.44. The summed E-state index contributed by atoms with van der Waals surface area (Å²) in [6, 6.07) is 0. The summed E-state index contributed by atoms with van der Waals surface area (Å²) in [4.78, 5) is 11.4. The van der Waals surface area contributed by atoms with Crippen molar-refractivity contribution in [2.75, 3.05) is 12.9 Å². The molecular formula is C9H16O2S. The van der Waals surface area contributed by atoms with Gasteiger partial charge in [0.25, 0.3) is 0 Å². The summed E-state index contributed by atoms with van der Waals surface area (Å²) in [5.74, 6) is 0.553. The average molecular weight is 188 g/mol. The summed E-state index contributed by atoms with van der Waals surface area (Å²) in [7, 11) is 1.46. The molecule has 1 saturated carbocycles. The Morgan fingerprint density at radius 1 is 1.42 bits per heavy atom. The van der Waals surface area contributed by atoms with Crippen LogP contribution in [-0.2, 0) is 9.53 Å². The molecule has 1 aliphatic carbocycles. The standard InChI is InChI=1S/C9H16O2S/c1-11-8(10)9(7-12)5-3-2-4-6-9/h12H,2-7H2,1H3. The molecule has 0 unspecified atom stereocenters. The van der Waals surface area contributed by atoms with E-state index < -0.39 is 0 Å². The van der Waals surface area contributed by atoms with Gasteiger partial charge in [-0.1, -0.05) is 19.3 Å². The second-order valence-electron chi connectivity index (χ2n) is 3.49. The van der Waals surface area contributed by atoms with Crippen molar-refractivity contribution in [2.24, 2.45) is 5.41 Å². The fraction of sp³-hybridized carbons (Fsp3) is 0.889. The minimum Gasteiger partial charge on any atom is -0.469 e. The summed E-state index contributed by atoms with van der Waals surface area (Å²) in [6.07, 6.45) is 5.41. The number of thiol groups is 1. The van der Waals surface area contributed by atoms with Gasteiger partial charge in [-0.25, -0.2) is 0 Å². The zero-order valence-electron chi connectivity index (χ0n) is 7.51. The van der Waals surface area contributed by atoms with Gasteiger partial charge in [0.1, 0.15) is 0 Å². The Labute approximate surface area is 79.1 Å². The lowest BCUT2D eigenvalue weighted by Crippen LogP contribution is -2.36. The molecule has 0 bridgehead atoms. The molecule has 12 heavy (non-hydrogen) atoms. The molecule has 0 aromatic rings. The molecule has 3 heteroatoms. The van der Waals surface area contributed by atoms with E-state index in [4.69, 9.17) is 4.74 Å². The Hall–Kier alpha value is -0.180. The molecule has 0 atom stereocenters. The molecule has 1 fully saturated rings. The Bertz CT molecular complexity index is 162. The molecule has 0 amide bonds. The van der Waals surface area contributed by atoms with Gasteiger partial charge in [0.05, 0.1) is 12.5 Å². The third kappa shape index (κ3) is 1.76. The Morgan fingerprint density at radius 2 is 2.00 bits per heavy atom. The summed E-state index contributed by atoms with van der Waals surface area (Å²) in [5, 5.41) is 0. The lowest BCUT2D eigenvalue weighted by Gasteiger charge is -2.32. The number of rotatable bonds is 2. The van der Waals surface area contributed by atoms with Crippen LogP contribution in [0.25, 0.3) is 0 Å². The van der Waals surface area contributed by atoms with E-state index >= 15 is 0 Å². The molecule has 0 aromatic carbocycles. The highest BCUT2D eigenvalue weighted by atomic mass is 32.1. The van der Waals surface area contributed by atoms with Gasteiger partial charge < -0.3 is 4.74 Å². The van der Waals surface area contributed by atoms with Crippen LogP contribution < -0.4 is 0 Å². The fourth-order valence-corrected chi connectivity index (χ4v) is 2.32. The van der Waals surface area contributed by atoms with Crippen LogP contribution in [0.5, 0.6) is 0 Å². The molecule has 0 aliphatic heterocycles. The molecule has 0 saturated heterocycles. The smallest absolute Gasteiger partial charge is 0.312 e. The van der Waals surface area contributed by atoms with Gasteiger partial charge in [-0.15, -0.1) is 0 Å². The first-order valence-electron chi connectivity index (χ1n) is 4.44. The average Bonchev–Trinajstić information content (AvgIpc) is 2.17. The third-order valence-corrected chi connectivity index (χ3v) is 3.34. The van der Waals surface area contributed by atoms with Crippen LogP contribution in [0.4, 0.5) is 0 Å². The molecule has 1 rings (SSSR count). The van der Waals surface area contributed by atoms with Crippen LogP contribution in [0.3, 0.4) is 0 Å². The molecule has 0 spiro atoms. The largest absolute Gasteiger partial charge is 0.469 e. The number of hydrogen-bond acceptors (Lipinski definition) is 3. The van der Waals surface area contributed by atoms with E-state index in [1.165, 1.54) is 13.5 Å². The first-order valence-corrected chi connectivity index (χ1v) is 5.08. The number of ether oxygens (including phenoxy) is 1. The van der Waals surface area contributed by atoms with E-state index in [0.717, 1.165) is 25.7 Å². The van der Waals surface area contributed by atoms with Crippen molar-refractivity contribution in [2.45, 2.75) is 32.1 Å². The highest BCUT2D eigenvalue weighted by Crippen LogP contribution is 2.38. The fourth-order valence-electron chi connectivity index (χ4n) is 1.87. The zero-order chi connectivity index (χ0) is 9.03. The van der Waals surface area contributed by atoms with Gasteiger partial charge in [-0.2, -0.15) is 12.6 Å². The van der Waals surface area contributed by atoms with Gasteiger partial charge in [0, 0.05) is 5.75 Å². The molecule has 70 valence electrons. The topological polar surface area (TPSA) is 26.3 Å². The molecule has 0 heterocycles. The summed E-state index contributed by atoms with van der Waals surface area (Å²) < 4.78 is 4.80. The van der Waals surface area contributed by atoms with E-state index in [1.807, 2.05) is 0 Å². The van der Waals surface area contributed by atoms with Gasteiger partial charge >= 0.3 is 5.97 Å². The SMILES string of the molecule is COC(=O)C1(CS)CCCCC1. The van der Waals surface area contributed by atoms with Crippen LogP contribution in [-0.4, -0.2) is 18.8 Å². The predicted molar refractivity (Wildman–Crippen MR) is 51.4 cm³/mol. The lowest BCUT2D eigenvalue weighted by atomic mass is 9.75. The van der Waals surface area contributed by atoms with E-state index in [-0.39, 0.29) is 11.4 Å².